The topological polar surface area (TPSA) is 66.4 Å². The fourth-order valence-electron chi connectivity index (χ4n) is 2.38. The summed E-state index contributed by atoms with van der Waals surface area (Å²) in [5, 5.41) is 10.2. The second kappa shape index (κ2) is 7.63. The lowest BCUT2D eigenvalue weighted by Gasteiger charge is -2.21. The highest BCUT2D eigenvalue weighted by Gasteiger charge is 2.20. The number of benzene rings is 1. The molecule has 0 bridgehead atoms. The average molecular weight is 329 g/mol. The van der Waals surface area contributed by atoms with Crippen LogP contribution in [0.5, 0.6) is 0 Å². The lowest BCUT2D eigenvalue weighted by Crippen LogP contribution is -2.32. The molecule has 0 aromatic heterocycles. The number of aliphatic hydroxyl groups excluding tert-OH is 1. The Morgan fingerprint density at radius 1 is 1.43 bits per heavy atom. The van der Waals surface area contributed by atoms with E-state index in [0.717, 1.165) is 12.2 Å². The van der Waals surface area contributed by atoms with Crippen LogP contribution < -0.4 is 4.72 Å². The number of hydrogen-bond donors (Lipinski definition) is 2. The quantitative estimate of drug-likeness (QED) is 0.842. The Balaban J connectivity index is 2.04. The molecule has 1 aliphatic rings. The summed E-state index contributed by atoms with van der Waals surface area (Å²) in [7, 11) is -3.50. The molecule has 0 aliphatic carbocycles. The first-order valence-corrected chi connectivity index (χ1v) is 9.95. The molecular weight excluding hydrogens is 306 g/mol. The van der Waals surface area contributed by atoms with E-state index >= 15 is 0 Å². The van der Waals surface area contributed by atoms with E-state index < -0.39 is 16.1 Å². The molecule has 2 atom stereocenters. The van der Waals surface area contributed by atoms with Gasteiger partial charge < -0.3 is 5.11 Å². The molecule has 2 N–H and O–H groups in total. The van der Waals surface area contributed by atoms with Gasteiger partial charge in [0, 0.05) is 11.8 Å². The summed E-state index contributed by atoms with van der Waals surface area (Å²) >= 11 is 1.84. The molecule has 4 nitrogen and oxygen atoms in total. The first kappa shape index (κ1) is 16.8. The van der Waals surface area contributed by atoms with E-state index in [1.165, 1.54) is 12.8 Å². The van der Waals surface area contributed by atoms with Crippen molar-refractivity contribution in [1.82, 2.24) is 4.72 Å². The van der Waals surface area contributed by atoms with Crippen LogP contribution in [0.25, 0.3) is 0 Å². The molecule has 2 rings (SSSR count). The standard InChI is InChI=1S/C15H23NO3S2/c1-2-15(17)12-6-5-8-14(10-12)21(18,19)16-11-13-7-3-4-9-20-13/h5-6,8,10,13,15-17H,2-4,7,9,11H2,1H3. The summed E-state index contributed by atoms with van der Waals surface area (Å²) < 4.78 is 27.4. The van der Waals surface area contributed by atoms with Crippen LogP contribution in [0.1, 0.15) is 44.3 Å². The zero-order valence-electron chi connectivity index (χ0n) is 12.3. The molecule has 1 aromatic rings. The van der Waals surface area contributed by atoms with Crippen molar-refractivity contribution in [3.63, 3.8) is 0 Å². The summed E-state index contributed by atoms with van der Waals surface area (Å²) in [4.78, 5) is 0.230. The van der Waals surface area contributed by atoms with Crippen molar-refractivity contribution in [3.8, 4) is 0 Å². The molecule has 6 heteroatoms. The van der Waals surface area contributed by atoms with Gasteiger partial charge in [-0.05, 0) is 42.7 Å². The highest BCUT2D eigenvalue weighted by Crippen LogP contribution is 2.25. The van der Waals surface area contributed by atoms with Gasteiger partial charge in [0.2, 0.25) is 10.0 Å². The molecule has 118 valence electrons. The lowest BCUT2D eigenvalue weighted by atomic mass is 10.1. The summed E-state index contributed by atoms with van der Waals surface area (Å²) in [6.45, 7) is 2.35. The maximum absolute atomic E-state index is 12.3. The van der Waals surface area contributed by atoms with Crippen molar-refractivity contribution in [2.24, 2.45) is 0 Å². The highest BCUT2D eigenvalue weighted by atomic mass is 32.2. The van der Waals surface area contributed by atoms with E-state index in [9.17, 15) is 13.5 Å². The molecule has 1 aromatic carbocycles. The molecule has 1 saturated heterocycles. The Hall–Kier alpha value is -0.560. The van der Waals surface area contributed by atoms with Gasteiger partial charge in [-0.2, -0.15) is 11.8 Å². The van der Waals surface area contributed by atoms with Crippen LogP contribution >= 0.6 is 11.8 Å². The van der Waals surface area contributed by atoms with E-state index in [0.29, 0.717) is 23.8 Å². The predicted octanol–water partition coefficient (Wildman–Crippen LogP) is 2.69. The number of thioether (sulfide) groups is 1. The first-order valence-electron chi connectivity index (χ1n) is 7.42. The van der Waals surface area contributed by atoms with Crippen LogP contribution in [0.4, 0.5) is 0 Å². The average Bonchev–Trinajstić information content (AvgIpc) is 2.53. The Bertz CT molecular complexity index is 554. The Morgan fingerprint density at radius 2 is 2.24 bits per heavy atom. The third-order valence-corrected chi connectivity index (χ3v) is 6.53. The molecule has 0 spiro atoms. The zero-order chi connectivity index (χ0) is 15.3. The van der Waals surface area contributed by atoms with Gasteiger partial charge in [-0.25, -0.2) is 13.1 Å². The van der Waals surface area contributed by atoms with E-state index in [4.69, 9.17) is 0 Å². The number of sulfonamides is 1. The molecule has 2 unspecified atom stereocenters. The van der Waals surface area contributed by atoms with E-state index in [1.54, 1.807) is 24.3 Å². The maximum Gasteiger partial charge on any atom is 0.240 e. The van der Waals surface area contributed by atoms with Crippen LogP contribution in [0.2, 0.25) is 0 Å². The van der Waals surface area contributed by atoms with Crippen LogP contribution in [-0.2, 0) is 10.0 Å². The lowest BCUT2D eigenvalue weighted by molar-refractivity contribution is 0.173. The van der Waals surface area contributed by atoms with Crippen LogP contribution in [-0.4, -0.2) is 31.1 Å². The van der Waals surface area contributed by atoms with Gasteiger partial charge in [0.25, 0.3) is 0 Å². The second-order valence-electron chi connectivity index (χ2n) is 5.34. The smallest absolute Gasteiger partial charge is 0.240 e. The second-order valence-corrected chi connectivity index (χ2v) is 8.51. The van der Waals surface area contributed by atoms with Gasteiger partial charge in [0.1, 0.15) is 0 Å². The Labute approximate surface area is 131 Å². The molecule has 1 fully saturated rings. The van der Waals surface area contributed by atoms with Crippen LogP contribution in [0.15, 0.2) is 29.2 Å². The van der Waals surface area contributed by atoms with E-state index in [1.807, 2.05) is 18.7 Å². The van der Waals surface area contributed by atoms with E-state index in [-0.39, 0.29) is 4.90 Å². The maximum atomic E-state index is 12.3. The van der Waals surface area contributed by atoms with Gasteiger partial charge in [0.05, 0.1) is 11.0 Å². The van der Waals surface area contributed by atoms with Gasteiger partial charge >= 0.3 is 0 Å². The number of hydrogen-bond acceptors (Lipinski definition) is 4. The minimum Gasteiger partial charge on any atom is -0.388 e. The van der Waals surface area contributed by atoms with Crippen molar-refractivity contribution >= 4 is 21.8 Å². The monoisotopic (exact) mass is 329 g/mol. The van der Waals surface area contributed by atoms with Crippen molar-refractivity contribution in [2.45, 2.75) is 48.9 Å². The number of nitrogens with one attached hydrogen (secondary N) is 1. The molecular formula is C15H23NO3S2. The van der Waals surface area contributed by atoms with Crippen molar-refractivity contribution in [3.05, 3.63) is 29.8 Å². The molecule has 1 heterocycles. The summed E-state index contributed by atoms with van der Waals surface area (Å²) in [6.07, 6.45) is 3.42. The van der Waals surface area contributed by atoms with Gasteiger partial charge in [-0.3, -0.25) is 0 Å². The minimum absolute atomic E-state index is 0.230. The third-order valence-electron chi connectivity index (χ3n) is 3.71. The van der Waals surface area contributed by atoms with Gasteiger partial charge in [-0.15, -0.1) is 0 Å². The number of aliphatic hydroxyl groups is 1. The molecule has 21 heavy (non-hydrogen) atoms. The third kappa shape index (κ3) is 4.71. The van der Waals surface area contributed by atoms with E-state index in [2.05, 4.69) is 4.72 Å². The largest absolute Gasteiger partial charge is 0.388 e. The Morgan fingerprint density at radius 3 is 2.90 bits per heavy atom. The summed E-state index contributed by atoms with van der Waals surface area (Å²) in [6, 6.07) is 6.56. The van der Waals surface area contributed by atoms with Crippen LogP contribution in [0, 0.1) is 0 Å². The minimum atomic E-state index is -3.50. The van der Waals surface area contributed by atoms with Gasteiger partial charge in [0.15, 0.2) is 0 Å². The van der Waals surface area contributed by atoms with Gasteiger partial charge in [-0.1, -0.05) is 25.5 Å². The molecule has 0 saturated carbocycles. The number of rotatable bonds is 6. The fraction of sp³-hybridized carbons (Fsp3) is 0.600. The molecule has 0 amide bonds. The first-order chi connectivity index (χ1) is 10.0. The van der Waals surface area contributed by atoms with Crippen molar-refractivity contribution in [2.75, 3.05) is 12.3 Å². The SMILES string of the molecule is CCC(O)c1cccc(S(=O)(=O)NCC2CCCCS2)c1. The summed E-state index contributed by atoms with van der Waals surface area (Å²) in [5.74, 6) is 1.12. The molecule has 1 aliphatic heterocycles. The highest BCUT2D eigenvalue weighted by molar-refractivity contribution is 8.00. The van der Waals surface area contributed by atoms with Crippen LogP contribution in [0.3, 0.4) is 0 Å². The van der Waals surface area contributed by atoms with Crippen molar-refractivity contribution in [1.29, 1.82) is 0 Å². The zero-order valence-corrected chi connectivity index (χ0v) is 13.9. The Kier molecular flexibility index (Phi) is 6.10. The predicted molar refractivity (Wildman–Crippen MR) is 87.0 cm³/mol. The fourth-order valence-corrected chi connectivity index (χ4v) is 4.86. The molecule has 0 radical (unpaired) electrons. The van der Waals surface area contributed by atoms with Crippen molar-refractivity contribution < 1.29 is 13.5 Å². The normalized spacial score (nSPS) is 21.1. The summed E-state index contributed by atoms with van der Waals surface area (Å²) in [5.41, 5.74) is 0.646.